The maximum Gasteiger partial charge on any atom is 0.404 e. The summed E-state index contributed by atoms with van der Waals surface area (Å²) in [6.07, 6.45) is -9.94. The summed E-state index contributed by atoms with van der Waals surface area (Å²) in [5.41, 5.74) is 0. The van der Waals surface area contributed by atoms with Gasteiger partial charge in [0.1, 0.15) is 0 Å². The SMILES string of the molecule is C[C@H]1CN(S(=O)(=O)CC(F)(F)F)CCN1S(=O)(=O)CC(F)(F)F. The maximum absolute atomic E-state index is 12.2. The molecule has 0 aromatic carbocycles. The van der Waals surface area contributed by atoms with Gasteiger partial charge in [-0.05, 0) is 6.92 Å². The molecule has 0 radical (unpaired) electrons. The van der Waals surface area contributed by atoms with Gasteiger partial charge in [-0.15, -0.1) is 0 Å². The summed E-state index contributed by atoms with van der Waals surface area (Å²) < 4.78 is 121. The van der Waals surface area contributed by atoms with E-state index < -0.39 is 69.6 Å². The minimum atomic E-state index is -4.97. The average molecular weight is 392 g/mol. The fourth-order valence-electron chi connectivity index (χ4n) is 2.16. The zero-order valence-electron chi connectivity index (χ0n) is 11.7. The fraction of sp³-hybridized carbons (Fsp3) is 1.00. The molecular formula is C9H14F6N2O4S2. The van der Waals surface area contributed by atoms with Gasteiger partial charge in [-0.25, -0.2) is 16.8 Å². The van der Waals surface area contributed by atoms with Crippen molar-refractivity contribution in [1.29, 1.82) is 0 Å². The zero-order valence-corrected chi connectivity index (χ0v) is 13.4. The van der Waals surface area contributed by atoms with E-state index in [1.807, 2.05) is 0 Å². The van der Waals surface area contributed by atoms with Gasteiger partial charge < -0.3 is 0 Å². The van der Waals surface area contributed by atoms with Crippen LogP contribution in [0.15, 0.2) is 0 Å². The third kappa shape index (κ3) is 6.08. The molecule has 1 heterocycles. The van der Waals surface area contributed by atoms with E-state index in [0.717, 1.165) is 6.92 Å². The number of hydrogen-bond acceptors (Lipinski definition) is 4. The van der Waals surface area contributed by atoms with Crippen LogP contribution in [0.4, 0.5) is 26.3 Å². The standard InChI is InChI=1S/C9H14F6N2O4S2/c1-7-4-16(22(18,19)5-8(10,11)12)2-3-17(7)23(20,21)6-9(13,14)15/h7H,2-6H2,1H3/t7-/m0/s1. The van der Waals surface area contributed by atoms with Crippen molar-refractivity contribution in [3.8, 4) is 0 Å². The lowest BCUT2D eigenvalue weighted by atomic mass is 10.3. The third-order valence-corrected chi connectivity index (χ3v) is 6.73. The Kier molecular flexibility index (Phi) is 5.66. The van der Waals surface area contributed by atoms with Crippen LogP contribution in [-0.2, 0) is 20.0 Å². The summed E-state index contributed by atoms with van der Waals surface area (Å²) >= 11 is 0. The predicted octanol–water partition coefficient (Wildman–Crippen LogP) is 0.777. The number of halogens is 6. The minimum Gasteiger partial charge on any atom is -0.212 e. The molecule has 0 spiro atoms. The van der Waals surface area contributed by atoms with Crippen LogP contribution in [-0.4, -0.2) is 75.0 Å². The van der Waals surface area contributed by atoms with E-state index in [2.05, 4.69) is 0 Å². The number of sulfonamides is 2. The molecular weight excluding hydrogens is 378 g/mol. The molecule has 6 nitrogen and oxygen atoms in total. The highest BCUT2D eigenvalue weighted by Gasteiger charge is 2.45. The summed E-state index contributed by atoms with van der Waals surface area (Å²) in [5, 5.41) is 0. The van der Waals surface area contributed by atoms with Crippen molar-refractivity contribution in [2.75, 3.05) is 31.1 Å². The minimum absolute atomic E-state index is 0.435. The summed E-state index contributed by atoms with van der Waals surface area (Å²) in [5.74, 6) is -4.22. The number of hydrogen-bond donors (Lipinski definition) is 0. The number of piperazine rings is 1. The van der Waals surface area contributed by atoms with Crippen molar-refractivity contribution in [1.82, 2.24) is 8.61 Å². The fourth-order valence-corrected chi connectivity index (χ4v) is 5.11. The van der Waals surface area contributed by atoms with E-state index >= 15 is 0 Å². The molecule has 1 atom stereocenters. The van der Waals surface area contributed by atoms with Crippen LogP contribution in [0.1, 0.15) is 6.92 Å². The molecule has 0 amide bonds. The van der Waals surface area contributed by atoms with Gasteiger partial charge >= 0.3 is 12.4 Å². The topological polar surface area (TPSA) is 74.8 Å². The molecule has 23 heavy (non-hydrogen) atoms. The number of alkyl halides is 6. The first-order valence-corrected chi connectivity index (χ1v) is 9.36. The van der Waals surface area contributed by atoms with E-state index in [-0.39, 0.29) is 0 Å². The van der Waals surface area contributed by atoms with Gasteiger partial charge in [0, 0.05) is 25.7 Å². The predicted molar refractivity (Wildman–Crippen MR) is 67.4 cm³/mol. The quantitative estimate of drug-likeness (QED) is 0.663. The molecule has 0 aliphatic carbocycles. The summed E-state index contributed by atoms with van der Waals surface area (Å²) in [6.45, 7) is -0.796. The average Bonchev–Trinajstić information content (AvgIpc) is 2.21. The van der Waals surface area contributed by atoms with Crippen LogP contribution in [0.5, 0.6) is 0 Å². The van der Waals surface area contributed by atoms with Gasteiger partial charge in [-0.3, -0.25) is 0 Å². The zero-order chi connectivity index (χ0) is 18.3. The Morgan fingerprint density at radius 1 is 0.870 bits per heavy atom. The highest BCUT2D eigenvalue weighted by Crippen LogP contribution is 2.25. The molecule has 0 N–H and O–H groups in total. The van der Waals surface area contributed by atoms with Gasteiger partial charge in [0.25, 0.3) is 0 Å². The summed E-state index contributed by atoms with van der Waals surface area (Å²) in [7, 11) is -9.44. The van der Waals surface area contributed by atoms with Gasteiger partial charge in [0.15, 0.2) is 11.5 Å². The molecule has 0 unspecified atom stereocenters. The second-order valence-electron chi connectivity index (χ2n) is 5.06. The molecule has 0 saturated carbocycles. The van der Waals surface area contributed by atoms with E-state index in [4.69, 9.17) is 0 Å². The van der Waals surface area contributed by atoms with Gasteiger partial charge in [-0.1, -0.05) is 0 Å². The van der Waals surface area contributed by atoms with Crippen LogP contribution in [0, 0.1) is 0 Å². The Balaban J connectivity index is 2.86. The Bertz CT molecular complexity index is 627. The van der Waals surface area contributed by atoms with Crippen molar-refractivity contribution in [3.63, 3.8) is 0 Å². The lowest BCUT2D eigenvalue weighted by Gasteiger charge is -2.38. The Morgan fingerprint density at radius 2 is 1.30 bits per heavy atom. The van der Waals surface area contributed by atoms with E-state index in [9.17, 15) is 43.2 Å². The Morgan fingerprint density at radius 3 is 1.70 bits per heavy atom. The van der Waals surface area contributed by atoms with Gasteiger partial charge in [0.05, 0.1) is 0 Å². The highest BCUT2D eigenvalue weighted by molar-refractivity contribution is 7.89. The molecule has 14 heteroatoms. The van der Waals surface area contributed by atoms with Crippen molar-refractivity contribution < 1.29 is 43.2 Å². The van der Waals surface area contributed by atoms with Crippen molar-refractivity contribution in [2.24, 2.45) is 0 Å². The second kappa shape index (κ2) is 6.37. The smallest absolute Gasteiger partial charge is 0.212 e. The Hall–Kier alpha value is -0.600. The van der Waals surface area contributed by atoms with Crippen molar-refractivity contribution >= 4 is 20.0 Å². The molecule has 138 valence electrons. The van der Waals surface area contributed by atoms with E-state index in [1.165, 1.54) is 0 Å². The van der Waals surface area contributed by atoms with Crippen LogP contribution in [0.2, 0.25) is 0 Å². The van der Waals surface area contributed by atoms with E-state index in [1.54, 1.807) is 0 Å². The lowest BCUT2D eigenvalue weighted by Crippen LogP contribution is -2.57. The first kappa shape index (κ1) is 20.4. The first-order valence-electron chi connectivity index (χ1n) is 6.14. The summed E-state index contributed by atoms with van der Waals surface area (Å²) in [4.78, 5) is 0. The first-order chi connectivity index (χ1) is 10.0. The lowest BCUT2D eigenvalue weighted by molar-refractivity contribution is -0.108. The monoisotopic (exact) mass is 392 g/mol. The van der Waals surface area contributed by atoms with Crippen LogP contribution in [0.25, 0.3) is 0 Å². The molecule has 1 fully saturated rings. The van der Waals surface area contributed by atoms with E-state index in [0.29, 0.717) is 8.61 Å². The Labute approximate surface area is 129 Å². The third-order valence-electron chi connectivity index (χ3n) is 2.97. The largest absolute Gasteiger partial charge is 0.404 e. The molecule has 0 aromatic heterocycles. The second-order valence-corrected chi connectivity index (χ2v) is 8.95. The summed E-state index contributed by atoms with van der Waals surface area (Å²) in [6, 6.07) is -1.21. The van der Waals surface area contributed by atoms with Crippen LogP contribution < -0.4 is 0 Å². The molecule has 1 rings (SSSR count). The van der Waals surface area contributed by atoms with Crippen molar-refractivity contribution in [3.05, 3.63) is 0 Å². The number of rotatable bonds is 4. The maximum atomic E-state index is 12.2. The molecule has 0 bridgehead atoms. The molecule has 1 saturated heterocycles. The normalized spacial score (nSPS) is 23.2. The van der Waals surface area contributed by atoms with Gasteiger partial charge in [-0.2, -0.15) is 35.0 Å². The highest BCUT2D eigenvalue weighted by atomic mass is 32.2. The molecule has 1 aliphatic rings. The van der Waals surface area contributed by atoms with Crippen LogP contribution in [0.3, 0.4) is 0 Å². The molecule has 1 aliphatic heterocycles. The van der Waals surface area contributed by atoms with Gasteiger partial charge in [0.2, 0.25) is 20.0 Å². The number of nitrogens with zero attached hydrogens (tertiary/aromatic N) is 2. The van der Waals surface area contributed by atoms with Crippen LogP contribution >= 0.6 is 0 Å². The van der Waals surface area contributed by atoms with Crippen molar-refractivity contribution in [2.45, 2.75) is 25.3 Å². The molecule has 0 aromatic rings.